The van der Waals surface area contributed by atoms with Gasteiger partial charge in [-0.3, -0.25) is 0 Å². The number of hydrogen-bond donors (Lipinski definition) is 3. The van der Waals surface area contributed by atoms with E-state index in [1.54, 1.807) is 12.1 Å². The van der Waals surface area contributed by atoms with E-state index in [9.17, 15) is 10.2 Å². The Morgan fingerprint density at radius 2 is 1.96 bits per heavy atom. The second-order valence-corrected chi connectivity index (χ2v) is 6.71. The molecule has 0 amide bonds. The molecule has 1 atom stereocenters. The standard InChI is InChI=1S/C20H23NO4/c1-20(2)13-24-18-10-14(8-9-17(18)25-20)11-19(23)21-12-16(22)15-6-4-3-5-7-15/h3-10,12,19,21-23H,11,13H2,1-2H3/b16-12-/t19-/m1/s1. The van der Waals surface area contributed by atoms with Crippen molar-refractivity contribution in [2.75, 3.05) is 6.61 Å². The summed E-state index contributed by atoms with van der Waals surface area (Å²) in [6.45, 7) is 4.43. The summed E-state index contributed by atoms with van der Waals surface area (Å²) in [6, 6.07) is 14.8. The highest BCUT2D eigenvalue weighted by atomic mass is 16.6. The van der Waals surface area contributed by atoms with Crippen molar-refractivity contribution in [3.8, 4) is 11.5 Å². The molecule has 3 rings (SSSR count). The van der Waals surface area contributed by atoms with E-state index >= 15 is 0 Å². The fourth-order valence-corrected chi connectivity index (χ4v) is 2.60. The summed E-state index contributed by atoms with van der Waals surface area (Å²) in [5, 5.41) is 22.9. The minimum atomic E-state index is -0.829. The highest BCUT2D eigenvalue weighted by Crippen LogP contribution is 2.35. The molecule has 0 fully saturated rings. The monoisotopic (exact) mass is 341 g/mol. The van der Waals surface area contributed by atoms with E-state index in [0.717, 1.165) is 5.56 Å². The van der Waals surface area contributed by atoms with Gasteiger partial charge in [0, 0.05) is 18.2 Å². The van der Waals surface area contributed by atoms with Crippen molar-refractivity contribution in [1.29, 1.82) is 0 Å². The van der Waals surface area contributed by atoms with Crippen molar-refractivity contribution >= 4 is 5.76 Å². The maximum absolute atomic E-state index is 10.1. The number of aliphatic hydroxyl groups excluding tert-OH is 2. The van der Waals surface area contributed by atoms with Gasteiger partial charge in [-0.1, -0.05) is 36.4 Å². The summed E-state index contributed by atoms with van der Waals surface area (Å²) in [5.41, 5.74) is 1.26. The van der Waals surface area contributed by atoms with Crippen molar-refractivity contribution in [2.45, 2.75) is 32.1 Å². The van der Waals surface area contributed by atoms with Gasteiger partial charge in [0.05, 0.1) is 0 Å². The van der Waals surface area contributed by atoms with E-state index in [1.165, 1.54) is 6.20 Å². The van der Waals surface area contributed by atoms with Crippen molar-refractivity contribution in [3.05, 3.63) is 65.9 Å². The molecule has 2 aromatic rings. The first-order valence-corrected chi connectivity index (χ1v) is 8.26. The van der Waals surface area contributed by atoms with Crippen molar-refractivity contribution in [2.24, 2.45) is 0 Å². The van der Waals surface area contributed by atoms with E-state index in [4.69, 9.17) is 9.47 Å². The third-order valence-corrected chi connectivity index (χ3v) is 3.88. The molecular weight excluding hydrogens is 318 g/mol. The average Bonchev–Trinajstić information content (AvgIpc) is 2.60. The number of hydrogen-bond acceptors (Lipinski definition) is 5. The Labute approximate surface area is 147 Å². The molecule has 0 bridgehead atoms. The molecule has 2 aromatic carbocycles. The zero-order valence-electron chi connectivity index (χ0n) is 14.4. The first-order chi connectivity index (χ1) is 11.9. The highest BCUT2D eigenvalue weighted by molar-refractivity contribution is 5.57. The lowest BCUT2D eigenvalue weighted by Gasteiger charge is -2.32. The molecule has 0 aromatic heterocycles. The molecular formula is C20H23NO4. The van der Waals surface area contributed by atoms with Crippen LogP contribution < -0.4 is 14.8 Å². The van der Waals surface area contributed by atoms with E-state index in [-0.39, 0.29) is 11.4 Å². The van der Waals surface area contributed by atoms with Gasteiger partial charge < -0.3 is 25.0 Å². The summed E-state index contributed by atoms with van der Waals surface area (Å²) < 4.78 is 11.6. The minimum absolute atomic E-state index is 0.0732. The molecule has 5 nitrogen and oxygen atoms in total. The number of fused-ring (bicyclic) bond motifs is 1. The van der Waals surface area contributed by atoms with Crippen LogP contribution in [-0.2, 0) is 6.42 Å². The van der Waals surface area contributed by atoms with Gasteiger partial charge >= 0.3 is 0 Å². The van der Waals surface area contributed by atoms with E-state index in [0.29, 0.717) is 30.1 Å². The molecule has 0 saturated heterocycles. The topological polar surface area (TPSA) is 71.0 Å². The predicted molar refractivity (Wildman–Crippen MR) is 96.5 cm³/mol. The van der Waals surface area contributed by atoms with Crippen LogP contribution in [0.3, 0.4) is 0 Å². The number of ether oxygens (including phenoxy) is 2. The zero-order chi connectivity index (χ0) is 17.9. The van der Waals surface area contributed by atoms with E-state index in [2.05, 4.69) is 5.32 Å². The summed E-state index contributed by atoms with van der Waals surface area (Å²) in [5.74, 6) is 1.47. The molecule has 1 heterocycles. The quantitative estimate of drug-likeness (QED) is 0.575. The number of aliphatic hydroxyl groups is 2. The molecule has 1 aliphatic rings. The lowest BCUT2D eigenvalue weighted by Crippen LogP contribution is -2.38. The Morgan fingerprint density at radius 1 is 1.20 bits per heavy atom. The minimum Gasteiger partial charge on any atom is -0.506 e. The predicted octanol–water partition coefficient (Wildman–Crippen LogP) is 3.24. The van der Waals surface area contributed by atoms with Crippen LogP contribution in [0, 0.1) is 0 Å². The lowest BCUT2D eigenvalue weighted by atomic mass is 10.1. The third-order valence-electron chi connectivity index (χ3n) is 3.88. The number of benzene rings is 2. The summed E-state index contributed by atoms with van der Waals surface area (Å²) in [4.78, 5) is 0. The van der Waals surface area contributed by atoms with Crippen LogP contribution in [0.25, 0.3) is 5.76 Å². The van der Waals surface area contributed by atoms with Crippen molar-refractivity contribution < 1.29 is 19.7 Å². The van der Waals surface area contributed by atoms with Crippen LogP contribution in [0.15, 0.2) is 54.7 Å². The smallest absolute Gasteiger partial charge is 0.162 e. The second kappa shape index (κ2) is 7.07. The van der Waals surface area contributed by atoms with Crippen LogP contribution in [0.4, 0.5) is 0 Å². The van der Waals surface area contributed by atoms with Gasteiger partial charge in [0.1, 0.15) is 24.2 Å². The molecule has 132 valence electrons. The Kier molecular flexibility index (Phi) is 4.86. The molecule has 0 saturated carbocycles. The summed E-state index contributed by atoms with van der Waals surface area (Å²) in [6.07, 6.45) is 0.948. The largest absolute Gasteiger partial charge is 0.506 e. The zero-order valence-corrected chi connectivity index (χ0v) is 14.4. The molecule has 0 aliphatic carbocycles. The van der Waals surface area contributed by atoms with Crippen LogP contribution in [0.1, 0.15) is 25.0 Å². The lowest BCUT2D eigenvalue weighted by molar-refractivity contribution is 0.0212. The van der Waals surface area contributed by atoms with Crippen LogP contribution >= 0.6 is 0 Å². The van der Waals surface area contributed by atoms with Gasteiger partial charge in [-0.25, -0.2) is 0 Å². The number of nitrogens with one attached hydrogen (secondary N) is 1. The molecule has 0 spiro atoms. The fraction of sp³-hybridized carbons (Fsp3) is 0.300. The van der Waals surface area contributed by atoms with Gasteiger partial charge in [0.15, 0.2) is 11.5 Å². The van der Waals surface area contributed by atoms with Gasteiger partial charge in [-0.2, -0.15) is 0 Å². The number of rotatable bonds is 5. The molecule has 3 N–H and O–H groups in total. The van der Waals surface area contributed by atoms with Gasteiger partial charge in [0.2, 0.25) is 0 Å². The van der Waals surface area contributed by atoms with Crippen molar-refractivity contribution in [3.63, 3.8) is 0 Å². The maximum atomic E-state index is 10.1. The SMILES string of the molecule is CC1(C)COc2cc(C[C@@H](O)N/C=C(\O)c3ccccc3)ccc2O1. The van der Waals surface area contributed by atoms with Gasteiger partial charge in [-0.15, -0.1) is 0 Å². The first-order valence-electron chi connectivity index (χ1n) is 8.26. The van der Waals surface area contributed by atoms with Crippen LogP contribution in [0.5, 0.6) is 11.5 Å². The third kappa shape index (κ3) is 4.45. The normalized spacial score (nSPS) is 17.0. The molecule has 0 unspecified atom stereocenters. The highest BCUT2D eigenvalue weighted by Gasteiger charge is 2.28. The Morgan fingerprint density at radius 3 is 2.72 bits per heavy atom. The second-order valence-electron chi connectivity index (χ2n) is 6.71. The van der Waals surface area contributed by atoms with Crippen LogP contribution in [0.2, 0.25) is 0 Å². The Balaban J connectivity index is 1.61. The molecule has 0 radical (unpaired) electrons. The summed E-state index contributed by atoms with van der Waals surface area (Å²) in [7, 11) is 0. The fourth-order valence-electron chi connectivity index (χ4n) is 2.60. The molecule has 25 heavy (non-hydrogen) atoms. The van der Waals surface area contributed by atoms with Crippen LogP contribution in [-0.4, -0.2) is 28.6 Å². The summed E-state index contributed by atoms with van der Waals surface area (Å²) >= 11 is 0. The first kappa shape index (κ1) is 17.2. The van der Waals surface area contributed by atoms with E-state index in [1.807, 2.05) is 50.2 Å². The maximum Gasteiger partial charge on any atom is 0.162 e. The van der Waals surface area contributed by atoms with Gasteiger partial charge in [0.25, 0.3) is 0 Å². The Bertz CT molecular complexity index is 756. The molecule has 5 heteroatoms. The Hall–Kier alpha value is -2.66. The average molecular weight is 341 g/mol. The van der Waals surface area contributed by atoms with E-state index < -0.39 is 6.23 Å². The molecule has 1 aliphatic heterocycles. The van der Waals surface area contributed by atoms with Crippen molar-refractivity contribution in [1.82, 2.24) is 5.32 Å². The van der Waals surface area contributed by atoms with Gasteiger partial charge in [-0.05, 0) is 31.5 Å².